The number of aromatic nitrogens is 4. The van der Waals surface area contributed by atoms with Crippen molar-refractivity contribution in [1.29, 1.82) is 0 Å². The van der Waals surface area contributed by atoms with Gasteiger partial charge in [-0.2, -0.15) is 0 Å². The van der Waals surface area contributed by atoms with Crippen LogP contribution >= 0.6 is 0 Å². The fourth-order valence-electron chi connectivity index (χ4n) is 3.01. The van der Waals surface area contributed by atoms with E-state index in [0.29, 0.717) is 38.0 Å². The lowest BCUT2D eigenvalue weighted by Crippen LogP contribution is -2.42. The third-order valence-corrected chi connectivity index (χ3v) is 4.49. The molecule has 2 aromatic rings. The van der Waals surface area contributed by atoms with Gasteiger partial charge in [0.15, 0.2) is 0 Å². The molecule has 0 bridgehead atoms. The molecular weight excluding hydrogens is 310 g/mol. The Labute approximate surface area is 139 Å². The van der Waals surface area contributed by atoms with Crippen molar-refractivity contribution >= 4 is 5.91 Å². The Morgan fingerprint density at radius 2 is 1.96 bits per heavy atom. The summed E-state index contributed by atoms with van der Waals surface area (Å²) in [5.74, 6) is 0.0682. The van der Waals surface area contributed by atoms with E-state index in [9.17, 15) is 9.90 Å². The van der Waals surface area contributed by atoms with Crippen LogP contribution in [0.25, 0.3) is 0 Å². The third kappa shape index (κ3) is 3.77. The van der Waals surface area contributed by atoms with E-state index >= 15 is 0 Å². The normalized spacial score (nSPS) is 17.0. The topological polar surface area (TPSA) is 104 Å². The number of rotatable bonds is 5. The van der Waals surface area contributed by atoms with E-state index in [0.717, 1.165) is 5.56 Å². The summed E-state index contributed by atoms with van der Waals surface area (Å²) < 4.78 is 1.62. The maximum atomic E-state index is 12.6. The van der Waals surface area contributed by atoms with Gasteiger partial charge in [-0.25, -0.2) is 4.68 Å². The molecule has 1 aromatic carbocycles. The Kier molecular flexibility index (Phi) is 5.17. The highest BCUT2D eigenvalue weighted by Gasteiger charge is 2.27. The van der Waals surface area contributed by atoms with Crippen molar-refractivity contribution in [2.45, 2.75) is 25.5 Å². The van der Waals surface area contributed by atoms with Gasteiger partial charge in [-0.05, 0) is 46.9 Å². The molecule has 8 heteroatoms. The quantitative estimate of drug-likeness (QED) is 0.794. The van der Waals surface area contributed by atoms with Crippen molar-refractivity contribution in [1.82, 2.24) is 25.1 Å². The number of piperidine rings is 1. The number of carbonyl (C=O) groups is 1. The number of aliphatic hydroxyl groups excluding tert-OH is 2. The second-order valence-electron chi connectivity index (χ2n) is 6.08. The summed E-state index contributed by atoms with van der Waals surface area (Å²) in [5, 5.41) is 29.7. The number of benzene rings is 1. The third-order valence-electron chi connectivity index (χ3n) is 4.49. The molecule has 1 unspecified atom stereocenters. The molecule has 0 radical (unpaired) electrons. The van der Waals surface area contributed by atoms with Crippen molar-refractivity contribution in [3.05, 3.63) is 41.7 Å². The summed E-state index contributed by atoms with van der Waals surface area (Å²) in [7, 11) is 0. The lowest BCUT2D eigenvalue weighted by atomic mass is 9.91. The molecule has 1 aromatic heterocycles. The Morgan fingerprint density at radius 1 is 1.25 bits per heavy atom. The molecule has 1 fully saturated rings. The van der Waals surface area contributed by atoms with Gasteiger partial charge >= 0.3 is 0 Å². The maximum Gasteiger partial charge on any atom is 0.253 e. The second-order valence-corrected chi connectivity index (χ2v) is 6.08. The van der Waals surface area contributed by atoms with Gasteiger partial charge in [0.25, 0.3) is 5.91 Å². The van der Waals surface area contributed by atoms with Gasteiger partial charge in [0.1, 0.15) is 6.33 Å². The first kappa shape index (κ1) is 16.5. The minimum absolute atomic E-state index is 0.000843. The smallest absolute Gasteiger partial charge is 0.253 e. The summed E-state index contributed by atoms with van der Waals surface area (Å²) in [5.41, 5.74) is 1.67. The average Bonchev–Trinajstić information content (AvgIpc) is 3.14. The van der Waals surface area contributed by atoms with E-state index in [4.69, 9.17) is 5.11 Å². The first-order valence-corrected chi connectivity index (χ1v) is 8.05. The molecule has 0 spiro atoms. The summed E-state index contributed by atoms with van der Waals surface area (Å²) in [6.07, 6.45) is 2.28. The highest BCUT2D eigenvalue weighted by molar-refractivity contribution is 5.94. The number of aliphatic hydroxyl groups is 2. The number of likely N-dealkylation sites (tertiary alicyclic amines) is 1. The number of nitrogens with zero attached hydrogens (tertiary/aromatic N) is 5. The van der Waals surface area contributed by atoms with E-state index in [1.54, 1.807) is 15.9 Å². The summed E-state index contributed by atoms with van der Waals surface area (Å²) in [6, 6.07) is 7.43. The predicted octanol–water partition coefficient (Wildman–Crippen LogP) is -0.0732. The van der Waals surface area contributed by atoms with Crippen molar-refractivity contribution in [3.8, 4) is 0 Å². The van der Waals surface area contributed by atoms with Crippen LogP contribution in [0.3, 0.4) is 0 Å². The Hall–Kier alpha value is -2.32. The molecule has 1 aliphatic heterocycles. The predicted molar refractivity (Wildman–Crippen MR) is 85.1 cm³/mol. The molecule has 1 atom stereocenters. The zero-order valence-electron chi connectivity index (χ0n) is 13.3. The minimum atomic E-state index is -0.687. The first-order chi connectivity index (χ1) is 11.7. The summed E-state index contributed by atoms with van der Waals surface area (Å²) >= 11 is 0. The van der Waals surface area contributed by atoms with E-state index in [-0.39, 0.29) is 18.4 Å². The molecule has 0 aliphatic carbocycles. The second kappa shape index (κ2) is 7.50. The summed E-state index contributed by atoms with van der Waals surface area (Å²) in [4.78, 5) is 14.4. The molecule has 1 saturated heterocycles. The number of hydrogen-bond donors (Lipinski definition) is 2. The number of amides is 1. The number of carbonyl (C=O) groups excluding carboxylic acids is 1. The van der Waals surface area contributed by atoms with E-state index < -0.39 is 6.10 Å². The zero-order chi connectivity index (χ0) is 16.9. The van der Waals surface area contributed by atoms with Crippen molar-refractivity contribution in [2.75, 3.05) is 19.7 Å². The van der Waals surface area contributed by atoms with Crippen LogP contribution in [-0.2, 0) is 6.54 Å². The molecular formula is C16H21N5O3. The first-order valence-electron chi connectivity index (χ1n) is 8.05. The molecule has 2 N–H and O–H groups in total. The van der Waals surface area contributed by atoms with Gasteiger partial charge < -0.3 is 15.1 Å². The minimum Gasteiger partial charge on any atom is -0.394 e. The number of hydrogen-bond acceptors (Lipinski definition) is 6. The molecule has 2 heterocycles. The molecule has 0 saturated carbocycles. The standard InChI is InChI=1S/C16H21N5O3/c22-10-15(23)13-5-7-20(8-6-13)16(24)14-3-1-12(2-4-14)9-21-11-17-18-19-21/h1-4,11,13,15,22-23H,5-10H2. The Bertz CT molecular complexity index is 651. The highest BCUT2D eigenvalue weighted by atomic mass is 16.3. The largest absolute Gasteiger partial charge is 0.394 e. The van der Waals surface area contributed by atoms with E-state index in [2.05, 4.69) is 15.5 Å². The molecule has 3 rings (SSSR count). The Morgan fingerprint density at radius 3 is 2.54 bits per heavy atom. The molecule has 1 amide bonds. The van der Waals surface area contributed by atoms with Crippen LogP contribution in [0.15, 0.2) is 30.6 Å². The van der Waals surface area contributed by atoms with Crippen LogP contribution in [0.5, 0.6) is 0 Å². The molecule has 1 aliphatic rings. The van der Waals surface area contributed by atoms with Gasteiger partial charge in [-0.3, -0.25) is 4.79 Å². The molecule has 24 heavy (non-hydrogen) atoms. The van der Waals surface area contributed by atoms with Crippen LogP contribution in [-0.4, -0.2) is 67.0 Å². The monoisotopic (exact) mass is 331 g/mol. The SMILES string of the molecule is O=C(c1ccc(Cn2cnnn2)cc1)N1CCC(C(O)CO)CC1. The zero-order valence-corrected chi connectivity index (χ0v) is 13.3. The van der Waals surface area contributed by atoms with Crippen LogP contribution < -0.4 is 0 Å². The maximum absolute atomic E-state index is 12.6. The van der Waals surface area contributed by atoms with Gasteiger partial charge in [0, 0.05) is 18.7 Å². The summed E-state index contributed by atoms with van der Waals surface area (Å²) in [6.45, 7) is 1.55. The van der Waals surface area contributed by atoms with E-state index in [1.807, 2.05) is 24.3 Å². The Balaban J connectivity index is 1.57. The lowest BCUT2D eigenvalue weighted by molar-refractivity contribution is 0.0179. The van der Waals surface area contributed by atoms with Crippen molar-refractivity contribution in [2.24, 2.45) is 5.92 Å². The fraction of sp³-hybridized carbons (Fsp3) is 0.500. The van der Waals surface area contributed by atoms with Crippen molar-refractivity contribution in [3.63, 3.8) is 0 Å². The lowest BCUT2D eigenvalue weighted by Gasteiger charge is -2.33. The van der Waals surface area contributed by atoms with Crippen molar-refractivity contribution < 1.29 is 15.0 Å². The van der Waals surface area contributed by atoms with Gasteiger partial charge in [0.2, 0.25) is 0 Å². The average molecular weight is 331 g/mol. The van der Waals surface area contributed by atoms with Crippen LogP contribution in [0, 0.1) is 5.92 Å². The van der Waals surface area contributed by atoms with Gasteiger partial charge in [-0.15, -0.1) is 5.10 Å². The number of tetrazole rings is 1. The van der Waals surface area contributed by atoms with Crippen LogP contribution in [0.1, 0.15) is 28.8 Å². The van der Waals surface area contributed by atoms with E-state index in [1.165, 1.54) is 0 Å². The highest BCUT2D eigenvalue weighted by Crippen LogP contribution is 2.22. The molecule has 8 nitrogen and oxygen atoms in total. The molecule has 128 valence electrons. The fourth-order valence-corrected chi connectivity index (χ4v) is 3.01. The van der Waals surface area contributed by atoms with Gasteiger partial charge in [0.05, 0.1) is 19.3 Å². The van der Waals surface area contributed by atoms with Crippen LogP contribution in [0.2, 0.25) is 0 Å². The van der Waals surface area contributed by atoms with Crippen LogP contribution in [0.4, 0.5) is 0 Å². The van der Waals surface area contributed by atoms with Gasteiger partial charge in [-0.1, -0.05) is 12.1 Å².